The molecule has 29 heavy (non-hydrogen) atoms. The average molecular weight is 431 g/mol. The molecule has 0 aliphatic carbocycles. The SMILES string of the molecule is CN=C(NCc1nc(-c2ccc(Cl)cc2)no1)N1CCN(Cc2cccs2)CC1. The minimum absolute atomic E-state index is 0.433. The molecule has 7 nitrogen and oxygen atoms in total. The number of benzene rings is 1. The summed E-state index contributed by atoms with van der Waals surface area (Å²) in [6.07, 6.45) is 0. The molecule has 1 fully saturated rings. The number of rotatable bonds is 5. The molecule has 0 atom stereocenters. The summed E-state index contributed by atoms with van der Waals surface area (Å²) in [6, 6.07) is 11.7. The smallest absolute Gasteiger partial charge is 0.246 e. The first-order valence-electron chi connectivity index (χ1n) is 9.50. The summed E-state index contributed by atoms with van der Waals surface area (Å²) in [4.78, 5) is 15.0. The van der Waals surface area contributed by atoms with E-state index in [9.17, 15) is 0 Å². The van der Waals surface area contributed by atoms with E-state index in [4.69, 9.17) is 16.1 Å². The number of hydrogen-bond donors (Lipinski definition) is 1. The summed E-state index contributed by atoms with van der Waals surface area (Å²) in [5.74, 6) is 1.93. The molecule has 0 amide bonds. The molecule has 0 spiro atoms. The molecule has 1 saturated heterocycles. The molecule has 1 aliphatic heterocycles. The molecule has 1 N–H and O–H groups in total. The van der Waals surface area contributed by atoms with Crippen LogP contribution in [0, 0.1) is 0 Å². The van der Waals surface area contributed by atoms with Crippen LogP contribution in [0.15, 0.2) is 51.3 Å². The lowest BCUT2D eigenvalue weighted by Crippen LogP contribution is -2.52. The topological polar surface area (TPSA) is 69.8 Å². The second-order valence-electron chi connectivity index (χ2n) is 6.76. The minimum Gasteiger partial charge on any atom is -0.347 e. The number of piperazine rings is 1. The van der Waals surface area contributed by atoms with Crippen molar-refractivity contribution in [1.82, 2.24) is 25.3 Å². The first-order valence-corrected chi connectivity index (χ1v) is 10.8. The van der Waals surface area contributed by atoms with E-state index in [1.54, 1.807) is 7.05 Å². The van der Waals surface area contributed by atoms with Crippen molar-refractivity contribution in [3.63, 3.8) is 0 Å². The van der Waals surface area contributed by atoms with Crippen LogP contribution >= 0.6 is 22.9 Å². The third-order valence-electron chi connectivity index (χ3n) is 4.81. The number of nitrogens with one attached hydrogen (secondary N) is 1. The van der Waals surface area contributed by atoms with E-state index in [2.05, 4.69) is 47.8 Å². The average Bonchev–Trinajstić information content (AvgIpc) is 3.42. The summed E-state index contributed by atoms with van der Waals surface area (Å²) in [5.41, 5.74) is 0.871. The third-order valence-corrected chi connectivity index (χ3v) is 5.92. The highest BCUT2D eigenvalue weighted by atomic mass is 35.5. The van der Waals surface area contributed by atoms with Crippen molar-refractivity contribution >= 4 is 28.9 Å². The van der Waals surface area contributed by atoms with Crippen molar-refractivity contribution in [2.75, 3.05) is 33.2 Å². The maximum atomic E-state index is 5.93. The molecule has 4 rings (SSSR count). The van der Waals surface area contributed by atoms with Gasteiger partial charge in [-0.2, -0.15) is 4.98 Å². The van der Waals surface area contributed by atoms with E-state index in [1.165, 1.54) is 4.88 Å². The zero-order valence-corrected chi connectivity index (χ0v) is 17.8. The Morgan fingerprint density at radius 2 is 2.00 bits per heavy atom. The summed E-state index contributed by atoms with van der Waals surface area (Å²) >= 11 is 7.74. The number of thiophene rings is 1. The molecule has 3 heterocycles. The zero-order chi connectivity index (χ0) is 20.1. The zero-order valence-electron chi connectivity index (χ0n) is 16.2. The molecule has 1 aliphatic rings. The molecule has 0 unspecified atom stereocenters. The van der Waals surface area contributed by atoms with E-state index in [0.29, 0.717) is 23.3 Å². The number of hydrogen-bond acceptors (Lipinski definition) is 6. The van der Waals surface area contributed by atoms with E-state index in [0.717, 1.165) is 44.2 Å². The Kier molecular flexibility index (Phi) is 6.43. The predicted molar refractivity (Wildman–Crippen MR) is 116 cm³/mol. The van der Waals surface area contributed by atoms with E-state index in [1.807, 2.05) is 35.6 Å². The molecular weight excluding hydrogens is 408 g/mol. The van der Waals surface area contributed by atoms with Crippen LogP contribution in [0.4, 0.5) is 0 Å². The third kappa shape index (κ3) is 5.14. The van der Waals surface area contributed by atoms with Gasteiger partial charge in [0.2, 0.25) is 11.7 Å². The number of halogens is 1. The van der Waals surface area contributed by atoms with Gasteiger partial charge in [-0.05, 0) is 35.7 Å². The maximum absolute atomic E-state index is 5.93. The predicted octanol–water partition coefficient (Wildman–Crippen LogP) is 3.34. The lowest BCUT2D eigenvalue weighted by molar-refractivity contribution is 0.173. The quantitative estimate of drug-likeness (QED) is 0.494. The van der Waals surface area contributed by atoms with Crippen LogP contribution in [-0.2, 0) is 13.1 Å². The highest BCUT2D eigenvalue weighted by molar-refractivity contribution is 7.09. The van der Waals surface area contributed by atoms with Gasteiger partial charge in [0.15, 0.2) is 5.96 Å². The molecule has 0 radical (unpaired) electrons. The van der Waals surface area contributed by atoms with E-state index >= 15 is 0 Å². The molecule has 3 aromatic rings. The number of guanidine groups is 1. The van der Waals surface area contributed by atoms with Gasteiger partial charge in [0, 0.05) is 55.2 Å². The maximum Gasteiger partial charge on any atom is 0.246 e. The standard InChI is InChI=1S/C20H23ClN6OS/c1-22-20(27-10-8-26(9-11-27)14-17-3-2-12-29-17)23-13-18-24-19(25-28-18)15-4-6-16(21)7-5-15/h2-7,12H,8-11,13-14H2,1H3,(H,22,23). The largest absolute Gasteiger partial charge is 0.347 e. The van der Waals surface area contributed by atoms with Crippen LogP contribution < -0.4 is 5.32 Å². The Morgan fingerprint density at radius 1 is 1.21 bits per heavy atom. The lowest BCUT2D eigenvalue weighted by atomic mass is 10.2. The Hall–Kier alpha value is -2.42. The lowest BCUT2D eigenvalue weighted by Gasteiger charge is -2.36. The summed E-state index contributed by atoms with van der Waals surface area (Å²) in [7, 11) is 1.80. The highest BCUT2D eigenvalue weighted by Crippen LogP contribution is 2.18. The van der Waals surface area contributed by atoms with Gasteiger partial charge < -0.3 is 14.7 Å². The van der Waals surface area contributed by atoms with Gasteiger partial charge >= 0.3 is 0 Å². The Morgan fingerprint density at radius 3 is 2.69 bits per heavy atom. The van der Waals surface area contributed by atoms with E-state index < -0.39 is 0 Å². The van der Waals surface area contributed by atoms with Crippen molar-refractivity contribution in [3.05, 3.63) is 57.6 Å². The van der Waals surface area contributed by atoms with Crippen molar-refractivity contribution in [2.45, 2.75) is 13.1 Å². The van der Waals surface area contributed by atoms with Crippen molar-refractivity contribution in [1.29, 1.82) is 0 Å². The van der Waals surface area contributed by atoms with Crippen LogP contribution in [0.1, 0.15) is 10.8 Å². The van der Waals surface area contributed by atoms with Crippen LogP contribution in [0.25, 0.3) is 11.4 Å². The van der Waals surface area contributed by atoms with Crippen molar-refractivity contribution in [2.24, 2.45) is 4.99 Å². The first-order chi connectivity index (χ1) is 14.2. The van der Waals surface area contributed by atoms with Crippen molar-refractivity contribution < 1.29 is 4.52 Å². The summed E-state index contributed by atoms with van der Waals surface area (Å²) in [6.45, 7) is 5.35. The second kappa shape index (κ2) is 9.39. The summed E-state index contributed by atoms with van der Waals surface area (Å²) < 4.78 is 5.37. The normalized spacial score (nSPS) is 15.7. The first kappa shape index (κ1) is 19.9. The molecule has 2 aromatic heterocycles. The molecule has 1 aromatic carbocycles. The Balaban J connectivity index is 1.28. The molecular formula is C20H23ClN6OS. The minimum atomic E-state index is 0.433. The molecule has 0 bridgehead atoms. The fourth-order valence-electron chi connectivity index (χ4n) is 3.27. The van der Waals surface area contributed by atoms with Crippen LogP contribution in [0.5, 0.6) is 0 Å². The van der Waals surface area contributed by atoms with Crippen LogP contribution in [0.2, 0.25) is 5.02 Å². The van der Waals surface area contributed by atoms with Gasteiger partial charge in [-0.1, -0.05) is 22.8 Å². The second-order valence-corrected chi connectivity index (χ2v) is 8.23. The molecule has 9 heteroatoms. The summed E-state index contributed by atoms with van der Waals surface area (Å²) in [5, 5.41) is 10.2. The fourth-order valence-corrected chi connectivity index (χ4v) is 4.14. The van der Waals surface area contributed by atoms with Crippen LogP contribution in [0.3, 0.4) is 0 Å². The number of aromatic nitrogens is 2. The number of aliphatic imine (C=N–C) groups is 1. The Bertz CT molecular complexity index is 932. The number of nitrogens with zero attached hydrogens (tertiary/aromatic N) is 5. The highest BCUT2D eigenvalue weighted by Gasteiger charge is 2.20. The van der Waals surface area contributed by atoms with Gasteiger partial charge in [0.25, 0.3) is 0 Å². The van der Waals surface area contributed by atoms with Gasteiger partial charge in [-0.3, -0.25) is 9.89 Å². The van der Waals surface area contributed by atoms with Gasteiger partial charge in [0.1, 0.15) is 0 Å². The van der Waals surface area contributed by atoms with Crippen molar-refractivity contribution in [3.8, 4) is 11.4 Å². The van der Waals surface area contributed by atoms with Crippen LogP contribution in [-0.4, -0.2) is 59.1 Å². The fraction of sp³-hybridized carbons (Fsp3) is 0.350. The van der Waals surface area contributed by atoms with E-state index in [-0.39, 0.29) is 0 Å². The monoisotopic (exact) mass is 430 g/mol. The van der Waals surface area contributed by atoms with Gasteiger partial charge in [0.05, 0.1) is 6.54 Å². The molecule has 0 saturated carbocycles. The molecule has 152 valence electrons. The van der Waals surface area contributed by atoms with Gasteiger partial charge in [-0.25, -0.2) is 0 Å². The van der Waals surface area contributed by atoms with Gasteiger partial charge in [-0.15, -0.1) is 11.3 Å². The Labute approximate surface area is 179 Å².